The van der Waals surface area contributed by atoms with E-state index >= 15 is 0 Å². The van der Waals surface area contributed by atoms with Crippen molar-refractivity contribution < 1.29 is 4.79 Å². The van der Waals surface area contributed by atoms with E-state index in [1.54, 1.807) is 0 Å². The van der Waals surface area contributed by atoms with Gasteiger partial charge in [0.2, 0.25) is 5.91 Å². The molecule has 0 aromatic heterocycles. The maximum Gasteiger partial charge on any atom is 0.227 e. The Bertz CT molecular complexity index is 397. The van der Waals surface area contributed by atoms with Gasteiger partial charge in [0.25, 0.3) is 0 Å². The zero-order chi connectivity index (χ0) is 10.8. The molecule has 1 aliphatic heterocycles. The SMILES string of the molecule is C=CC1CC(=O)N(c2cccc(C)c2)C1. The summed E-state index contributed by atoms with van der Waals surface area (Å²) >= 11 is 0. The van der Waals surface area contributed by atoms with Crippen LogP contribution in [0.1, 0.15) is 12.0 Å². The van der Waals surface area contributed by atoms with E-state index < -0.39 is 0 Å². The lowest BCUT2D eigenvalue weighted by Gasteiger charge is -2.16. The van der Waals surface area contributed by atoms with Crippen LogP contribution >= 0.6 is 0 Å². The van der Waals surface area contributed by atoms with E-state index in [4.69, 9.17) is 0 Å². The molecule has 1 aliphatic rings. The first-order chi connectivity index (χ1) is 7.20. The number of amides is 1. The molecule has 2 heteroatoms. The van der Waals surface area contributed by atoms with E-state index in [2.05, 4.69) is 6.58 Å². The average molecular weight is 201 g/mol. The molecule has 0 N–H and O–H groups in total. The Kier molecular flexibility index (Phi) is 2.58. The molecule has 1 saturated heterocycles. The lowest BCUT2D eigenvalue weighted by molar-refractivity contribution is -0.117. The van der Waals surface area contributed by atoms with Gasteiger partial charge in [-0.3, -0.25) is 4.79 Å². The topological polar surface area (TPSA) is 20.3 Å². The van der Waals surface area contributed by atoms with Gasteiger partial charge in [-0.05, 0) is 24.6 Å². The number of nitrogens with zero attached hydrogens (tertiary/aromatic N) is 1. The molecule has 15 heavy (non-hydrogen) atoms. The number of hydrogen-bond donors (Lipinski definition) is 0. The Morgan fingerprint density at radius 1 is 1.53 bits per heavy atom. The van der Waals surface area contributed by atoms with Crippen molar-refractivity contribution in [3.63, 3.8) is 0 Å². The van der Waals surface area contributed by atoms with E-state index in [0.29, 0.717) is 12.3 Å². The van der Waals surface area contributed by atoms with Crippen molar-refractivity contribution in [3.05, 3.63) is 42.5 Å². The predicted octanol–water partition coefficient (Wildman–Crippen LogP) is 2.53. The van der Waals surface area contributed by atoms with Crippen LogP contribution in [0.25, 0.3) is 0 Å². The van der Waals surface area contributed by atoms with Crippen molar-refractivity contribution in [3.8, 4) is 0 Å². The molecule has 1 amide bonds. The first kappa shape index (κ1) is 9.97. The Balaban J connectivity index is 2.25. The third kappa shape index (κ3) is 1.94. The van der Waals surface area contributed by atoms with Crippen LogP contribution in [0.5, 0.6) is 0 Å². The van der Waals surface area contributed by atoms with Gasteiger partial charge in [-0.2, -0.15) is 0 Å². The smallest absolute Gasteiger partial charge is 0.227 e. The molecule has 1 atom stereocenters. The van der Waals surface area contributed by atoms with Gasteiger partial charge in [0, 0.05) is 24.6 Å². The number of carbonyl (C=O) groups is 1. The highest BCUT2D eigenvalue weighted by Gasteiger charge is 2.28. The highest BCUT2D eigenvalue weighted by molar-refractivity contribution is 5.96. The highest BCUT2D eigenvalue weighted by Crippen LogP contribution is 2.25. The number of carbonyl (C=O) groups excluding carboxylic acids is 1. The van der Waals surface area contributed by atoms with Crippen molar-refractivity contribution in [1.29, 1.82) is 0 Å². The van der Waals surface area contributed by atoms with Crippen molar-refractivity contribution in [2.24, 2.45) is 5.92 Å². The maximum atomic E-state index is 11.7. The second-order valence-electron chi connectivity index (χ2n) is 4.04. The average Bonchev–Trinajstić information content (AvgIpc) is 2.60. The molecule has 0 radical (unpaired) electrons. The third-order valence-electron chi connectivity index (χ3n) is 2.80. The van der Waals surface area contributed by atoms with E-state index in [0.717, 1.165) is 12.2 Å². The minimum absolute atomic E-state index is 0.200. The van der Waals surface area contributed by atoms with Gasteiger partial charge in [0.1, 0.15) is 0 Å². The molecule has 78 valence electrons. The van der Waals surface area contributed by atoms with E-state index in [1.165, 1.54) is 5.56 Å². The Morgan fingerprint density at radius 2 is 2.33 bits per heavy atom. The zero-order valence-corrected chi connectivity index (χ0v) is 8.94. The van der Waals surface area contributed by atoms with Gasteiger partial charge in [0.05, 0.1) is 0 Å². The molecule has 1 heterocycles. The number of hydrogen-bond acceptors (Lipinski definition) is 1. The van der Waals surface area contributed by atoms with Crippen molar-refractivity contribution in [2.75, 3.05) is 11.4 Å². The van der Waals surface area contributed by atoms with Crippen LogP contribution in [-0.2, 0) is 4.79 Å². The molecule has 1 aromatic carbocycles. The van der Waals surface area contributed by atoms with E-state index in [9.17, 15) is 4.79 Å². The van der Waals surface area contributed by atoms with Crippen LogP contribution in [0.15, 0.2) is 36.9 Å². The van der Waals surface area contributed by atoms with Crippen molar-refractivity contribution >= 4 is 11.6 Å². The predicted molar refractivity (Wildman–Crippen MR) is 61.8 cm³/mol. The van der Waals surface area contributed by atoms with Crippen LogP contribution in [0, 0.1) is 12.8 Å². The molecule has 2 rings (SSSR count). The molecule has 0 aliphatic carbocycles. The minimum Gasteiger partial charge on any atom is -0.312 e. The number of aryl methyl sites for hydroxylation is 1. The molecular weight excluding hydrogens is 186 g/mol. The van der Waals surface area contributed by atoms with Gasteiger partial charge in [0.15, 0.2) is 0 Å². The van der Waals surface area contributed by atoms with Crippen LogP contribution in [0.4, 0.5) is 5.69 Å². The number of rotatable bonds is 2. The summed E-state index contributed by atoms with van der Waals surface area (Å²) in [5.74, 6) is 0.503. The van der Waals surface area contributed by atoms with Crippen LogP contribution < -0.4 is 4.90 Å². The van der Waals surface area contributed by atoms with Gasteiger partial charge in [-0.15, -0.1) is 6.58 Å². The molecule has 1 unspecified atom stereocenters. The summed E-state index contributed by atoms with van der Waals surface area (Å²) in [6.45, 7) is 6.55. The van der Waals surface area contributed by atoms with Crippen molar-refractivity contribution in [2.45, 2.75) is 13.3 Å². The molecular formula is C13H15NO. The second-order valence-corrected chi connectivity index (χ2v) is 4.04. The number of anilines is 1. The van der Waals surface area contributed by atoms with E-state index in [1.807, 2.05) is 42.2 Å². The Morgan fingerprint density at radius 3 is 2.93 bits per heavy atom. The summed E-state index contributed by atoms with van der Waals surface area (Å²) in [5, 5.41) is 0. The fraction of sp³-hybridized carbons (Fsp3) is 0.308. The van der Waals surface area contributed by atoms with Gasteiger partial charge in [-0.1, -0.05) is 18.2 Å². The Labute approximate surface area is 90.2 Å². The molecule has 2 nitrogen and oxygen atoms in total. The first-order valence-corrected chi connectivity index (χ1v) is 5.20. The summed E-state index contributed by atoms with van der Waals surface area (Å²) in [6, 6.07) is 8.05. The lowest BCUT2D eigenvalue weighted by Crippen LogP contribution is -2.24. The van der Waals surface area contributed by atoms with Crippen LogP contribution in [-0.4, -0.2) is 12.5 Å². The maximum absolute atomic E-state index is 11.7. The molecule has 0 saturated carbocycles. The summed E-state index contributed by atoms with van der Waals surface area (Å²) < 4.78 is 0. The summed E-state index contributed by atoms with van der Waals surface area (Å²) in [4.78, 5) is 13.6. The fourth-order valence-electron chi connectivity index (χ4n) is 1.94. The number of benzene rings is 1. The second kappa shape index (κ2) is 3.89. The molecule has 1 fully saturated rings. The molecule has 0 spiro atoms. The van der Waals surface area contributed by atoms with Gasteiger partial charge in [-0.25, -0.2) is 0 Å². The monoisotopic (exact) mass is 201 g/mol. The fourth-order valence-corrected chi connectivity index (χ4v) is 1.94. The van der Waals surface area contributed by atoms with Gasteiger partial charge < -0.3 is 4.90 Å². The summed E-state index contributed by atoms with van der Waals surface area (Å²) in [6.07, 6.45) is 2.46. The quantitative estimate of drug-likeness (QED) is 0.673. The highest BCUT2D eigenvalue weighted by atomic mass is 16.2. The largest absolute Gasteiger partial charge is 0.312 e. The molecule has 0 bridgehead atoms. The minimum atomic E-state index is 0.200. The van der Waals surface area contributed by atoms with Crippen LogP contribution in [0.3, 0.4) is 0 Å². The molecule has 1 aromatic rings. The van der Waals surface area contributed by atoms with Gasteiger partial charge >= 0.3 is 0 Å². The first-order valence-electron chi connectivity index (χ1n) is 5.20. The van der Waals surface area contributed by atoms with Crippen molar-refractivity contribution in [1.82, 2.24) is 0 Å². The van der Waals surface area contributed by atoms with E-state index in [-0.39, 0.29) is 5.91 Å². The lowest BCUT2D eigenvalue weighted by atomic mass is 10.1. The van der Waals surface area contributed by atoms with Crippen LogP contribution in [0.2, 0.25) is 0 Å². The normalized spacial score (nSPS) is 20.7. The Hall–Kier alpha value is -1.57. The summed E-state index contributed by atoms with van der Waals surface area (Å²) in [7, 11) is 0. The zero-order valence-electron chi connectivity index (χ0n) is 8.94. The summed E-state index contributed by atoms with van der Waals surface area (Å²) in [5.41, 5.74) is 2.19. The standard InChI is InChI=1S/C13H15NO/c1-3-11-8-13(15)14(9-11)12-6-4-5-10(2)7-12/h3-7,11H,1,8-9H2,2H3. The third-order valence-corrected chi connectivity index (χ3v) is 2.80.